The summed E-state index contributed by atoms with van der Waals surface area (Å²) in [7, 11) is 1.66. The molecule has 0 radical (unpaired) electrons. The number of carbonyl (C=O) groups is 2. The maximum absolute atomic E-state index is 12.3. The monoisotopic (exact) mass is 295 g/mol. The van der Waals surface area contributed by atoms with Crippen LogP contribution in [-0.2, 0) is 9.53 Å². The second-order valence-electron chi connectivity index (χ2n) is 6.46. The molecule has 0 aromatic carbocycles. The molecule has 6 nitrogen and oxygen atoms in total. The van der Waals surface area contributed by atoms with Crippen LogP contribution in [0.15, 0.2) is 0 Å². The first-order valence-corrected chi connectivity index (χ1v) is 8.04. The van der Waals surface area contributed by atoms with Crippen LogP contribution in [0.25, 0.3) is 0 Å². The Bertz CT molecular complexity index is 409. The molecule has 3 rings (SSSR count). The third kappa shape index (κ3) is 3.00. The number of fused-ring (bicyclic) bond motifs is 1. The minimum atomic E-state index is -0.0647. The van der Waals surface area contributed by atoms with Crippen LogP contribution in [0.2, 0.25) is 0 Å². The molecule has 0 unspecified atom stereocenters. The van der Waals surface area contributed by atoms with Crippen LogP contribution < -0.4 is 5.32 Å². The number of nitrogens with zero attached hydrogens (tertiary/aromatic N) is 2. The summed E-state index contributed by atoms with van der Waals surface area (Å²) in [6.45, 7) is 1.45. The van der Waals surface area contributed by atoms with Gasteiger partial charge in [-0.25, -0.2) is 4.79 Å². The standard InChI is InChI=1S/C15H25N3O3/c1-21-10-13-7-12-8-17(9-14(19)18(12)13)15(20)16-11-5-3-2-4-6-11/h11-13H,2-10H2,1H3,(H,16,20)/t12-,13+/m1/s1. The normalized spacial score (nSPS) is 29.9. The second kappa shape index (κ2) is 6.22. The zero-order valence-corrected chi connectivity index (χ0v) is 12.7. The summed E-state index contributed by atoms with van der Waals surface area (Å²) in [5, 5.41) is 3.10. The van der Waals surface area contributed by atoms with Gasteiger partial charge in [0.15, 0.2) is 0 Å². The molecular formula is C15H25N3O3. The molecule has 0 spiro atoms. The van der Waals surface area contributed by atoms with Crippen molar-refractivity contribution in [2.45, 2.75) is 56.7 Å². The van der Waals surface area contributed by atoms with Gasteiger partial charge in [0.2, 0.25) is 5.91 Å². The lowest BCUT2D eigenvalue weighted by Gasteiger charge is -2.53. The van der Waals surface area contributed by atoms with Crippen LogP contribution in [0.5, 0.6) is 0 Å². The van der Waals surface area contributed by atoms with Crippen molar-refractivity contribution in [1.82, 2.24) is 15.1 Å². The first kappa shape index (κ1) is 14.6. The lowest BCUT2D eigenvalue weighted by atomic mass is 9.90. The zero-order chi connectivity index (χ0) is 14.8. The largest absolute Gasteiger partial charge is 0.383 e. The predicted molar refractivity (Wildman–Crippen MR) is 77.9 cm³/mol. The Morgan fingerprint density at radius 3 is 2.76 bits per heavy atom. The Kier molecular flexibility index (Phi) is 4.33. The Morgan fingerprint density at radius 2 is 2.10 bits per heavy atom. The van der Waals surface area contributed by atoms with E-state index in [0.717, 1.165) is 19.3 Å². The van der Waals surface area contributed by atoms with Crippen LogP contribution in [0.1, 0.15) is 38.5 Å². The van der Waals surface area contributed by atoms with Gasteiger partial charge in [0, 0.05) is 19.7 Å². The molecule has 2 heterocycles. The average Bonchev–Trinajstić information content (AvgIpc) is 2.45. The summed E-state index contributed by atoms with van der Waals surface area (Å²) in [4.78, 5) is 28.1. The fraction of sp³-hybridized carbons (Fsp3) is 0.867. The number of piperazine rings is 1. The Morgan fingerprint density at radius 1 is 1.33 bits per heavy atom. The molecule has 3 aliphatic rings. The van der Waals surface area contributed by atoms with E-state index in [9.17, 15) is 9.59 Å². The van der Waals surface area contributed by atoms with Gasteiger partial charge in [0.25, 0.3) is 0 Å². The number of hydrogen-bond acceptors (Lipinski definition) is 3. The minimum absolute atomic E-state index is 0.0540. The number of amides is 3. The molecule has 0 aromatic rings. The Hall–Kier alpha value is -1.30. The maximum Gasteiger partial charge on any atom is 0.318 e. The number of methoxy groups -OCH3 is 1. The highest BCUT2D eigenvalue weighted by Crippen LogP contribution is 2.30. The zero-order valence-electron chi connectivity index (χ0n) is 12.7. The van der Waals surface area contributed by atoms with E-state index in [1.54, 1.807) is 12.0 Å². The molecule has 0 bridgehead atoms. The summed E-state index contributed by atoms with van der Waals surface area (Å²) >= 11 is 0. The number of hydrogen-bond donors (Lipinski definition) is 1. The molecule has 3 fully saturated rings. The van der Waals surface area contributed by atoms with Crippen LogP contribution in [0.4, 0.5) is 4.79 Å². The third-order valence-corrected chi connectivity index (χ3v) is 4.96. The average molecular weight is 295 g/mol. The van der Waals surface area contributed by atoms with Crippen molar-refractivity contribution < 1.29 is 14.3 Å². The van der Waals surface area contributed by atoms with Gasteiger partial charge in [-0.1, -0.05) is 19.3 Å². The highest BCUT2D eigenvalue weighted by atomic mass is 16.5. The number of urea groups is 1. The first-order chi connectivity index (χ1) is 10.2. The van der Waals surface area contributed by atoms with Gasteiger partial charge in [-0.2, -0.15) is 0 Å². The fourth-order valence-corrected chi connectivity index (χ4v) is 3.84. The topological polar surface area (TPSA) is 61.9 Å². The molecule has 0 aromatic heterocycles. The van der Waals surface area contributed by atoms with Crippen molar-refractivity contribution in [2.75, 3.05) is 26.8 Å². The van der Waals surface area contributed by atoms with Crippen LogP contribution >= 0.6 is 0 Å². The van der Waals surface area contributed by atoms with Crippen LogP contribution in [0.3, 0.4) is 0 Å². The van der Waals surface area contributed by atoms with E-state index in [-0.39, 0.29) is 30.6 Å². The maximum atomic E-state index is 12.3. The van der Waals surface area contributed by atoms with E-state index in [4.69, 9.17) is 4.74 Å². The summed E-state index contributed by atoms with van der Waals surface area (Å²) in [6, 6.07) is 0.617. The van der Waals surface area contributed by atoms with Crippen molar-refractivity contribution in [3.8, 4) is 0 Å². The van der Waals surface area contributed by atoms with Gasteiger partial charge in [0.1, 0.15) is 6.54 Å². The molecule has 2 atom stereocenters. The summed E-state index contributed by atoms with van der Waals surface area (Å²) in [5.74, 6) is 0.0540. The van der Waals surface area contributed by atoms with E-state index in [2.05, 4.69) is 5.32 Å². The molecule has 6 heteroatoms. The van der Waals surface area contributed by atoms with Crippen molar-refractivity contribution in [3.05, 3.63) is 0 Å². The Labute approximate surface area is 125 Å². The van der Waals surface area contributed by atoms with E-state index in [1.165, 1.54) is 19.3 Å². The molecule has 1 saturated carbocycles. The van der Waals surface area contributed by atoms with Gasteiger partial charge < -0.3 is 19.9 Å². The number of nitrogens with one attached hydrogen (secondary N) is 1. The van der Waals surface area contributed by atoms with Gasteiger partial charge >= 0.3 is 6.03 Å². The summed E-state index contributed by atoms with van der Waals surface area (Å²) in [5.41, 5.74) is 0. The molecule has 2 aliphatic heterocycles. The highest BCUT2D eigenvalue weighted by molar-refractivity contribution is 5.86. The molecule has 21 heavy (non-hydrogen) atoms. The van der Waals surface area contributed by atoms with Crippen LogP contribution in [-0.4, -0.2) is 66.7 Å². The quantitative estimate of drug-likeness (QED) is 0.843. The van der Waals surface area contributed by atoms with Gasteiger partial charge in [0.05, 0.1) is 18.7 Å². The van der Waals surface area contributed by atoms with Crippen molar-refractivity contribution in [3.63, 3.8) is 0 Å². The fourth-order valence-electron chi connectivity index (χ4n) is 3.84. The lowest BCUT2D eigenvalue weighted by Crippen LogP contribution is -2.70. The first-order valence-electron chi connectivity index (χ1n) is 8.04. The molecule has 118 valence electrons. The number of carbonyl (C=O) groups excluding carboxylic acids is 2. The van der Waals surface area contributed by atoms with Crippen molar-refractivity contribution in [1.29, 1.82) is 0 Å². The summed E-state index contributed by atoms with van der Waals surface area (Å²) in [6.07, 6.45) is 6.73. The molecular weight excluding hydrogens is 270 g/mol. The number of ether oxygens (including phenoxy) is 1. The SMILES string of the molecule is COC[C@@H]1C[C@@H]2CN(C(=O)NC3CCCCC3)CC(=O)N12. The molecule has 3 amide bonds. The lowest BCUT2D eigenvalue weighted by molar-refractivity contribution is -0.155. The second-order valence-corrected chi connectivity index (χ2v) is 6.46. The van der Waals surface area contributed by atoms with Gasteiger partial charge in [-0.05, 0) is 19.3 Å². The van der Waals surface area contributed by atoms with Crippen molar-refractivity contribution >= 4 is 11.9 Å². The molecule has 1 aliphatic carbocycles. The van der Waals surface area contributed by atoms with Crippen molar-refractivity contribution in [2.24, 2.45) is 0 Å². The molecule has 1 N–H and O–H groups in total. The smallest absolute Gasteiger partial charge is 0.318 e. The summed E-state index contributed by atoms with van der Waals surface area (Å²) < 4.78 is 5.13. The van der Waals surface area contributed by atoms with E-state index < -0.39 is 0 Å². The van der Waals surface area contributed by atoms with Gasteiger partial charge in [-0.15, -0.1) is 0 Å². The van der Waals surface area contributed by atoms with E-state index in [0.29, 0.717) is 19.2 Å². The third-order valence-electron chi connectivity index (χ3n) is 4.96. The minimum Gasteiger partial charge on any atom is -0.383 e. The highest BCUT2D eigenvalue weighted by Gasteiger charge is 2.46. The van der Waals surface area contributed by atoms with Crippen LogP contribution in [0, 0.1) is 0 Å². The predicted octanol–water partition coefficient (Wildman–Crippen LogP) is 0.960. The van der Waals surface area contributed by atoms with E-state index in [1.807, 2.05) is 4.90 Å². The van der Waals surface area contributed by atoms with Gasteiger partial charge in [-0.3, -0.25) is 4.79 Å². The number of rotatable bonds is 3. The Balaban J connectivity index is 1.51. The molecule has 2 saturated heterocycles. The van der Waals surface area contributed by atoms with E-state index >= 15 is 0 Å².